The van der Waals surface area contributed by atoms with Gasteiger partial charge in [0.05, 0.1) is 26.2 Å². The largest absolute Gasteiger partial charge is 0.360 e. The minimum Gasteiger partial charge on any atom is -0.360 e. The normalized spacial score (nSPS) is 17.7. The van der Waals surface area contributed by atoms with Gasteiger partial charge in [-0.05, 0) is 49.9 Å². The predicted molar refractivity (Wildman–Crippen MR) is 114 cm³/mol. The number of nitrogens with one attached hydrogen (secondary N) is 2. The van der Waals surface area contributed by atoms with Gasteiger partial charge in [-0.15, -0.1) is 0 Å². The molecule has 0 radical (unpaired) electrons. The van der Waals surface area contributed by atoms with E-state index in [4.69, 9.17) is 0 Å². The first-order valence-electron chi connectivity index (χ1n) is 10.7. The average Bonchev–Trinajstić information content (AvgIpc) is 3.43. The lowest BCUT2D eigenvalue weighted by Gasteiger charge is -2.34. The Bertz CT molecular complexity index is 890. The highest BCUT2D eigenvalue weighted by atomic mass is 16.2. The third kappa shape index (κ3) is 4.22. The predicted octanol–water partition coefficient (Wildman–Crippen LogP) is 1.46. The van der Waals surface area contributed by atoms with Crippen LogP contribution in [0.25, 0.3) is 0 Å². The van der Waals surface area contributed by atoms with E-state index in [9.17, 15) is 9.59 Å². The first-order chi connectivity index (χ1) is 14.0. The topological polar surface area (TPSA) is 60.9 Å². The summed E-state index contributed by atoms with van der Waals surface area (Å²) in [5.41, 5.74) is 5.13. The molecule has 3 heterocycles. The van der Waals surface area contributed by atoms with E-state index in [1.807, 2.05) is 4.90 Å². The Morgan fingerprint density at radius 2 is 1.79 bits per heavy atom. The van der Waals surface area contributed by atoms with Gasteiger partial charge in [-0.25, -0.2) is 0 Å². The maximum atomic E-state index is 12.7. The zero-order chi connectivity index (χ0) is 20.4. The number of carbonyl (C=O) groups is 2. The van der Waals surface area contributed by atoms with Crippen LogP contribution in [-0.4, -0.2) is 67.4 Å². The fourth-order valence-corrected chi connectivity index (χ4v) is 4.42. The highest BCUT2D eigenvalue weighted by molar-refractivity contribution is 6.00. The van der Waals surface area contributed by atoms with Crippen molar-refractivity contribution in [2.75, 3.05) is 50.7 Å². The minimum atomic E-state index is 0.0102. The smallest absolute Gasteiger partial charge is 0.270 e. The number of hydrogen-bond acceptors (Lipinski definition) is 3. The summed E-state index contributed by atoms with van der Waals surface area (Å²) in [6.07, 6.45) is 3.82. The van der Waals surface area contributed by atoms with Crippen molar-refractivity contribution in [3.05, 3.63) is 52.8 Å². The molecule has 6 nitrogen and oxygen atoms in total. The molecule has 2 aliphatic rings. The van der Waals surface area contributed by atoms with Crippen molar-refractivity contribution < 1.29 is 14.5 Å². The molecule has 2 N–H and O–H groups in total. The van der Waals surface area contributed by atoms with Crippen molar-refractivity contribution in [2.45, 2.75) is 26.7 Å². The summed E-state index contributed by atoms with van der Waals surface area (Å²) in [4.78, 5) is 33.8. The molecule has 2 fully saturated rings. The second-order valence-corrected chi connectivity index (χ2v) is 8.36. The summed E-state index contributed by atoms with van der Waals surface area (Å²) in [6, 6.07) is 8.19. The van der Waals surface area contributed by atoms with Gasteiger partial charge in [-0.2, -0.15) is 0 Å². The lowest BCUT2D eigenvalue weighted by molar-refractivity contribution is -0.892. The Kier molecular flexibility index (Phi) is 5.72. The van der Waals surface area contributed by atoms with Crippen LogP contribution in [0.15, 0.2) is 30.5 Å². The Morgan fingerprint density at radius 1 is 1.07 bits per heavy atom. The van der Waals surface area contributed by atoms with Gasteiger partial charge in [0, 0.05) is 30.5 Å². The van der Waals surface area contributed by atoms with Crippen LogP contribution in [-0.2, 0) is 0 Å². The van der Waals surface area contributed by atoms with E-state index in [0.717, 1.165) is 52.1 Å². The molecule has 0 spiro atoms. The van der Waals surface area contributed by atoms with Crippen LogP contribution in [0.1, 0.15) is 44.8 Å². The highest BCUT2D eigenvalue weighted by Crippen LogP contribution is 2.22. The molecule has 154 valence electrons. The molecule has 1 amide bonds. The molecule has 29 heavy (non-hydrogen) atoms. The number of aromatic amines is 1. The first-order valence-corrected chi connectivity index (χ1v) is 10.7. The van der Waals surface area contributed by atoms with Crippen LogP contribution < -0.4 is 9.80 Å². The van der Waals surface area contributed by atoms with E-state index in [1.54, 1.807) is 12.3 Å². The molecule has 2 aliphatic heterocycles. The van der Waals surface area contributed by atoms with Gasteiger partial charge >= 0.3 is 0 Å². The molecule has 2 saturated heterocycles. The van der Waals surface area contributed by atoms with Gasteiger partial charge < -0.3 is 19.7 Å². The van der Waals surface area contributed by atoms with Crippen molar-refractivity contribution in [3.63, 3.8) is 0 Å². The highest BCUT2D eigenvalue weighted by Gasteiger charge is 2.26. The number of amides is 1. The number of anilines is 1. The maximum absolute atomic E-state index is 12.7. The number of Topliss-reactive ketones (excluding diaryl/α,β-unsaturated/α-hetero) is 1. The number of piperazine rings is 1. The van der Waals surface area contributed by atoms with Crippen LogP contribution in [0.4, 0.5) is 5.69 Å². The zero-order valence-corrected chi connectivity index (χ0v) is 17.5. The van der Waals surface area contributed by atoms with Crippen LogP contribution >= 0.6 is 0 Å². The van der Waals surface area contributed by atoms with E-state index >= 15 is 0 Å². The van der Waals surface area contributed by atoms with Crippen molar-refractivity contribution in [1.29, 1.82) is 0 Å². The van der Waals surface area contributed by atoms with E-state index in [1.165, 1.54) is 21.7 Å². The molecular formula is C23H31N4O2+. The van der Waals surface area contributed by atoms with E-state index in [0.29, 0.717) is 17.8 Å². The van der Waals surface area contributed by atoms with Crippen molar-refractivity contribution >= 4 is 17.4 Å². The minimum absolute atomic E-state index is 0.0102. The monoisotopic (exact) mass is 395 g/mol. The number of rotatable bonds is 5. The number of hydrogen-bond donors (Lipinski definition) is 2. The second-order valence-electron chi connectivity index (χ2n) is 8.36. The number of nitrogens with zero attached hydrogens (tertiary/aromatic N) is 2. The standard InChI is InChI=1S/C23H30N4O2/c1-17-6-5-7-21(18(17)2)26-12-10-25(11-13-26)16-22(28)19-14-20(24-15-19)23(29)27-8-3-4-9-27/h5-7,14-15,24H,3-4,8-13,16H2,1-2H3/p+1. The zero-order valence-electron chi connectivity index (χ0n) is 17.5. The van der Waals surface area contributed by atoms with Gasteiger partial charge in [0.25, 0.3) is 5.91 Å². The van der Waals surface area contributed by atoms with E-state index in [2.05, 4.69) is 41.9 Å². The van der Waals surface area contributed by atoms with Crippen LogP contribution in [0.3, 0.4) is 0 Å². The van der Waals surface area contributed by atoms with Gasteiger partial charge in [0.15, 0.2) is 0 Å². The molecule has 0 atom stereocenters. The summed E-state index contributed by atoms with van der Waals surface area (Å²) in [5.74, 6) is 0.118. The quantitative estimate of drug-likeness (QED) is 0.754. The van der Waals surface area contributed by atoms with Crippen molar-refractivity contribution in [1.82, 2.24) is 9.88 Å². The Hall–Kier alpha value is -2.60. The van der Waals surface area contributed by atoms with Crippen molar-refractivity contribution in [2.24, 2.45) is 0 Å². The molecule has 6 heteroatoms. The number of carbonyl (C=O) groups excluding carboxylic acids is 2. The number of H-pyrrole nitrogens is 1. The van der Waals surface area contributed by atoms with Crippen LogP contribution in [0.2, 0.25) is 0 Å². The number of quaternary nitrogens is 1. The Morgan fingerprint density at radius 3 is 2.52 bits per heavy atom. The molecule has 0 unspecified atom stereocenters. The van der Waals surface area contributed by atoms with Crippen LogP contribution in [0, 0.1) is 13.8 Å². The lowest BCUT2D eigenvalue weighted by Crippen LogP contribution is -3.15. The third-order valence-electron chi connectivity index (χ3n) is 6.43. The van der Waals surface area contributed by atoms with Crippen molar-refractivity contribution in [3.8, 4) is 0 Å². The molecular weight excluding hydrogens is 364 g/mol. The number of ketones is 1. The SMILES string of the molecule is Cc1cccc(N2CC[NH+](CC(=O)c3c[nH]c(C(=O)N4CCCC4)c3)CC2)c1C. The second kappa shape index (κ2) is 8.41. The summed E-state index contributed by atoms with van der Waals surface area (Å²) < 4.78 is 0. The molecule has 1 aromatic heterocycles. The number of benzene rings is 1. The molecule has 1 aromatic carbocycles. The summed E-state index contributed by atoms with van der Waals surface area (Å²) in [6.45, 7) is 10.3. The Labute approximate surface area is 172 Å². The Balaban J connectivity index is 1.32. The molecule has 2 aromatic rings. The van der Waals surface area contributed by atoms with Crippen LogP contribution in [0.5, 0.6) is 0 Å². The molecule has 0 aliphatic carbocycles. The van der Waals surface area contributed by atoms with E-state index < -0.39 is 0 Å². The van der Waals surface area contributed by atoms with Gasteiger partial charge in [-0.1, -0.05) is 12.1 Å². The van der Waals surface area contributed by atoms with Gasteiger partial charge in [-0.3, -0.25) is 9.59 Å². The average molecular weight is 396 g/mol. The number of aryl methyl sites for hydroxylation is 1. The third-order valence-corrected chi connectivity index (χ3v) is 6.43. The summed E-state index contributed by atoms with van der Waals surface area (Å²) in [5, 5.41) is 0. The van der Waals surface area contributed by atoms with Gasteiger partial charge in [0.2, 0.25) is 5.78 Å². The maximum Gasteiger partial charge on any atom is 0.270 e. The lowest BCUT2D eigenvalue weighted by atomic mass is 10.1. The van der Waals surface area contributed by atoms with Gasteiger partial charge in [0.1, 0.15) is 12.2 Å². The fourth-order valence-electron chi connectivity index (χ4n) is 4.42. The molecule has 4 rings (SSSR count). The van der Waals surface area contributed by atoms with E-state index in [-0.39, 0.29) is 11.7 Å². The first kappa shape index (κ1) is 19.7. The number of aromatic nitrogens is 1. The molecule has 0 saturated carbocycles. The fraction of sp³-hybridized carbons (Fsp3) is 0.478. The number of likely N-dealkylation sites (tertiary alicyclic amines) is 1. The summed E-state index contributed by atoms with van der Waals surface area (Å²) in [7, 11) is 0. The molecule has 0 bridgehead atoms. The summed E-state index contributed by atoms with van der Waals surface area (Å²) >= 11 is 0.